The lowest BCUT2D eigenvalue weighted by Crippen LogP contribution is -2.46. The topological polar surface area (TPSA) is 76.0 Å². The van der Waals surface area contributed by atoms with Gasteiger partial charge >= 0.3 is 0 Å². The summed E-state index contributed by atoms with van der Waals surface area (Å²) in [4.78, 5) is 24.3. The van der Waals surface area contributed by atoms with Crippen LogP contribution in [-0.2, 0) is 18.3 Å². The standard InChI is InChI=1S/C16H20N4O2.ClH/c1-20-16(22)13-7-3-2-6-12(13)14(19-20)9-15(21)18-11-5-4-8-17-10-11;/h2-3,6-7,11,17H,4-5,8-10H2,1H3,(H,18,21);1H. The van der Waals surface area contributed by atoms with Crippen LogP contribution in [0.1, 0.15) is 18.5 Å². The molecule has 1 fully saturated rings. The maximum Gasteiger partial charge on any atom is 0.274 e. The lowest BCUT2D eigenvalue weighted by molar-refractivity contribution is -0.121. The SMILES string of the molecule is Cl.Cn1nc(CC(=O)NC2CCCNC2)c2ccccc2c1=O. The average Bonchev–Trinajstić information content (AvgIpc) is 2.53. The zero-order valence-corrected chi connectivity index (χ0v) is 13.9. The molecule has 3 rings (SSSR count). The average molecular weight is 337 g/mol. The number of benzene rings is 1. The zero-order valence-electron chi connectivity index (χ0n) is 13.0. The smallest absolute Gasteiger partial charge is 0.274 e. The maximum absolute atomic E-state index is 12.3. The summed E-state index contributed by atoms with van der Waals surface area (Å²) in [6.45, 7) is 1.83. The first kappa shape index (κ1) is 17.4. The molecule has 0 aliphatic carbocycles. The number of hydrogen-bond donors (Lipinski definition) is 2. The van der Waals surface area contributed by atoms with Crippen molar-refractivity contribution in [2.45, 2.75) is 25.3 Å². The molecule has 1 aromatic heterocycles. The summed E-state index contributed by atoms with van der Waals surface area (Å²) >= 11 is 0. The number of fused-ring (bicyclic) bond motifs is 1. The molecule has 1 unspecified atom stereocenters. The van der Waals surface area contributed by atoms with E-state index in [-0.39, 0.29) is 36.3 Å². The first-order chi connectivity index (χ1) is 10.6. The Hall–Kier alpha value is -1.92. The van der Waals surface area contributed by atoms with E-state index in [9.17, 15) is 9.59 Å². The van der Waals surface area contributed by atoms with Crippen LogP contribution in [0, 0.1) is 0 Å². The van der Waals surface area contributed by atoms with Crippen LogP contribution in [0.3, 0.4) is 0 Å². The molecule has 1 aromatic carbocycles. The van der Waals surface area contributed by atoms with Crippen LogP contribution in [0.4, 0.5) is 0 Å². The molecule has 2 N–H and O–H groups in total. The summed E-state index contributed by atoms with van der Waals surface area (Å²) in [5.74, 6) is -0.0509. The van der Waals surface area contributed by atoms with Crippen LogP contribution in [0.25, 0.3) is 10.8 Å². The number of piperidine rings is 1. The summed E-state index contributed by atoms with van der Waals surface area (Å²) in [5.41, 5.74) is 0.496. The van der Waals surface area contributed by atoms with E-state index in [2.05, 4.69) is 15.7 Å². The molecule has 6 nitrogen and oxygen atoms in total. The third-order valence-electron chi connectivity index (χ3n) is 4.02. The van der Waals surface area contributed by atoms with Gasteiger partial charge in [-0.3, -0.25) is 9.59 Å². The van der Waals surface area contributed by atoms with Gasteiger partial charge in [-0.1, -0.05) is 18.2 Å². The van der Waals surface area contributed by atoms with Crippen molar-refractivity contribution in [2.24, 2.45) is 7.05 Å². The van der Waals surface area contributed by atoms with Gasteiger partial charge < -0.3 is 10.6 Å². The van der Waals surface area contributed by atoms with Crippen LogP contribution in [0.2, 0.25) is 0 Å². The molecule has 0 radical (unpaired) electrons. The second-order valence-corrected chi connectivity index (χ2v) is 5.71. The van der Waals surface area contributed by atoms with Crippen molar-refractivity contribution >= 4 is 29.1 Å². The molecule has 0 spiro atoms. The van der Waals surface area contributed by atoms with Crippen LogP contribution in [0.5, 0.6) is 0 Å². The van der Waals surface area contributed by atoms with Crippen molar-refractivity contribution in [2.75, 3.05) is 13.1 Å². The molecular formula is C16H21ClN4O2. The van der Waals surface area contributed by atoms with Crippen LogP contribution >= 0.6 is 12.4 Å². The number of nitrogens with zero attached hydrogens (tertiary/aromatic N) is 2. The molecule has 1 aliphatic rings. The molecule has 1 aliphatic heterocycles. The number of aromatic nitrogens is 2. The normalized spacial score (nSPS) is 17.5. The summed E-state index contributed by atoms with van der Waals surface area (Å²) in [7, 11) is 1.61. The van der Waals surface area contributed by atoms with Gasteiger partial charge in [0, 0.05) is 25.0 Å². The minimum atomic E-state index is -0.142. The Kier molecular flexibility index (Phi) is 5.74. The molecule has 1 amide bonds. The van der Waals surface area contributed by atoms with Gasteiger partial charge in [-0.2, -0.15) is 5.10 Å². The lowest BCUT2D eigenvalue weighted by atomic mass is 10.1. The highest BCUT2D eigenvalue weighted by atomic mass is 35.5. The van der Waals surface area contributed by atoms with Gasteiger partial charge in [0.15, 0.2) is 0 Å². The van der Waals surface area contributed by atoms with Crippen molar-refractivity contribution in [1.82, 2.24) is 20.4 Å². The first-order valence-corrected chi connectivity index (χ1v) is 7.60. The fraction of sp³-hybridized carbons (Fsp3) is 0.438. The highest BCUT2D eigenvalue weighted by molar-refractivity contribution is 5.88. The number of aryl methyl sites for hydroxylation is 1. The largest absolute Gasteiger partial charge is 0.352 e. The van der Waals surface area contributed by atoms with Gasteiger partial charge in [-0.25, -0.2) is 4.68 Å². The summed E-state index contributed by atoms with van der Waals surface area (Å²) < 4.78 is 1.30. The highest BCUT2D eigenvalue weighted by Crippen LogP contribution is 2.13. The van der Waals surface area contributed by atoms with E-state index in [0.717, 1.165) is 31.3 Å². The number of carbonyl (C=O) groups excluding carboxylic acids is 1. The maximum atomic E-state index is 12.3. The lowest BCUT2D eigenvalue weighted by Gasteiger charge is -2.23. The Morgan fingerprint density at radius 1 is 1.39 bits per heavy atom. The highest BCUT2D eigenvalue weighted by Gasteiger charge is 2.17. The fourth-order valence-corrected chi connectivity index (χ4v) is 2.91. The van der Waals surface area contributed by atoms with Gasteiger partial charge in [-0.15, -0.1) is 12.4 Å². The monoisotopic (exact) mass is 336 g/mol. The van der Waals surface area contributed by atoms with E-state index < -0.39 is 0 Å². The molecule has 7 heteroatoms. The van der Waals surface area contributed by atoms with Crippen LogP contribution in [-0.4, -0.2) is 34.8 Å². The fourth-order valence-electron chi connectivity index (χ4n) is 2.91. The van der Waals surface area contributed by atoms with E-state index >= 15 is 0 Å². The minimum Gasteiger partial charge on any atom is -0.352 e. The van der Waals surface area contributed by atoms with Crippen molar-refractivity contribution in [3.63, 3.8) is 0 Å². The Morgan fingerprint density at radius 2 is 2.13 bits per heavy atom. The molecule has 1 atom stereocenters. The van der Waals surface area contributed by atoms with Crippen molar-refractivity contribution in [3.05, 3.63) is 40.3 Å². The van der Waals surface area contributed by atoms with E-state index in [1.807, 2.05) is 18.2 Å². The molecule has 0 saturated carbocycles. The van der Waals surface area contributed by atoms with E-state index in [1.165, 1.54) is 4.68 Å². The minimum absolute atomic E-state index is 0. The van der Waals surface area contributed by atoms with E-state index in [1.54, 1.807) is 13.1 Å². The summed E-state index contributed by atoms with van der Waals surface area (Å²) in [6, 6.07) is 7.47. The third-order valence-corrected chi connectivity index (χ3v) is 4.02. The Bertz CT molecular complexity index is 753. The molecule has 0 bridgehead atoms. The number of nitrogens with one attached hydrogen (secondary N) is 2. The van der Waals surface area contributed by atoms with Crippen LogP contribution < -0.4 is 16.2 Å². The van der Waals surface area contributed by atoms with Crippen LogP contribution in [0.15, 0.2) is 29.1 Å². The first-order valence-electron chi connectivity index (χ1n) is 7.60. The zero-order chi connectivity index (χ0) is 15.5. The third kappa shape index (κ3) is 3.89. The van der Waals surface area contributed by atoms with Crippen molar-refractivity contribution < 1.29 is 4.79 Å². The number of rotatable bonds is 3. The van der Waals surface area contributed by atoms with Gasteiger partial charge in [0.25, 0.3) is 5.56 Å². The Balaban J connectivity index is 0.00000192. The molecule has 2 heterocycles. The molecular weight excluding hydrogens is 316 g/mol. The molecule has 2 aromatic rings. The van der Waals surface area contributed by atoms with Gasteiger partial charge in [0.05, 0.1) is 17.5 Å². The van der Waals surface area contributed by atoms with Crippen molar-refractivity contribution in [3.8, 4) is 0 Å². The molecule has 1 saturated heterocycles. The Morgan fingerprint density at radius 3 is 2.83 bits per heavy atom. The Labute approximate surface area is 140 Å². The molecule has 124 valence electrons. The van der Waals surface area contributed by atoms with Gasteiger partial charge in [-0.05, 0) is 25.5 Å². The number of hydrogen-bond acceptors (Lipinski definition) is 4. The summed E-state index contributed by atoms with van der Waals surface area (Å²) in [6.07, 6.45) is 2.26. The van der Waals surface area contributed by atoms with E-state index in [0.29, 0.717) is 11.1 Å². The second-order valence-electron chi connectivity index (χ2n) is 5.71. The predicted octanol–water partition coefficient (Wildman–Crippen LogP) is 0.766. The van der Waals surface area contributed by atoms with Gasteiger partial charge in [0.2, 0.25) is 5.91 Å². The predicted molar refractivity (Wildman–Crippen MR) is 92.0 cm³/mol. The second kappa shape index (κ2) is 7.57. The van der Waals surface area contributed by atoms with E-state index in [4.69, 9.17) is 0 Å². The van der Waals surface area contributed by atoms with Crippen molar-refractivity contribution in [1.29, 1.82) is 0 Å². The number of halogens is 1. The number of amides is 1. The van der Waals surface area contributed by atoms with Gasteiger partial charge in [0.1, 0.15) is 0 Å². The quantitative estimate of drug-likeness (QED) is 0.868. The number of carbonyl (C=O) groups is 1. The molecule has 23 heavy (non-hydrogen) atoms. The summed E-state index contributed by atoms with van der Waals surface area (Å²) in [5, 5.41) is 11.9.